The molecule has 1 aromatic carbocycles. The van der Waals surface area contributed by atoms with Gasteiger partial charge in [-0.25, -0.2) is 0 Å². The Kier molecular flexibility index (Phi) is 3.29. The van der Waals surface area contributed by atoms with Crippen molar-refractivity contribution in [3.8, 4) is 0 Å². The van der Waals surface area contributed by atoms with Crippen LogP contribution in [0.1, 0.15) is 11.4 Å². The molecule has 1 N–H and O–H groups in total. The Morgan fingerprint density at radius 1 is 1.38 bits per heavy atom. The maximum Gasteiger partial charge on any atom is 0.0597 e. The second kappa shape index (κ2) is 4.70. The highest BCUT2D eigenvalue weighted by Gasteiger charge is 2.01. The molecule has 0 aliphatic heterocycles. The summed E-state index contributed by atoms with van der Waals surface area (Å²) in [5, 5.41) is 7.67. The zero-order valence-electron chi connectivity index (χ0n) is 9.37. The average Bonchev–Trinajstić information content (AvgIpc) is 2.54. The van der Waals surface area contributed by atoms with Crippen LogP contribution >= 0.6 is 15.9 Å². The first-order valence-corrected chi connectivity index (χ1v) is 5.93. The van der Waals surface area contributed by atoms with Gasteiger partial charge in [-0.2, -0.15) is 5.10 Å². The molecule has 0 amide bonds. The molecule has 0 bridgehead atoms. The van der Waals surface area contributed by atoms with Gasteiger partial charge in [0, 0.05) is 17.2 Å². The van der Waals surface area contributed by atoms with Gasteiger partial charge in [0.2, 0.25) is 0 Å². The van der Waals surface area contributed by atoms with Crippen molar-refractivity contribution in [2.24, 2.45) is 7.05 Å². The van der Waals surface area contributed by atoms with E-state index in [1.165, 1.54) is 5.69 Å². The average molecular weight is 280 g/mol. The summed E-state index contributed by atoms with van der Waals surface area (Å²) < 4.78 is 2.99. The number of hydrogen-bond donors (Lipinski definition) is 1. The van der Waals surface area contributed by atoms with E-state index in [0.717, 1.165) is 22.4 Å². The Hall–Kier alpha value is -1.29. The number of nitrogens with one attached hydrogen (secondary N) is 1. The van der Waals surface area contributed by atoms with E-state index in [0.29, 0.717) is 0 Å². The van der Waals surface area contributed by atoms with E-state index < -0.39 is 0 Å². The van der Waals surface area contributed by atoms with Crippen molar-refractivity contribution in [1.29, 1.82) is 0 Å². The molecule has 0 saturated carbocycles. The second-order valence-electron chi connectivity index (χ2n) is 3.76. The predicted molar refractivity (Wildman–Crippen MR) is 69.4 cm³/mol. The van der Waals surface area contributed by atoms with Gasteiger partial charge in [0.05, 0.1) is 17.9 Å². The lowest BCUT2D eigenvalue weighted by atomic mass is 10.3. The third-order valence-corrected chi connectivity index (χ3v) is 2.89. The maximum atomic E-state index is 4.31. The van der Waals surface area contributed by atoms with Crippen molar-refractivity contribution in [3.63, 3.8) is 0 Å². The molecule has 16 heavy (non-hydrogen) atoms. The smallest absolute Gasteiger partial charge is 0.0597 e. The molecule has 0 spiro atoms. The van der Waals surface area contributed by atoms with E-state index in [-0.39, 0.29) is 0 Å². The Bertz CT molecular complexity index is 491. The summed E-state index contributed by atoms with van der Waals surface area (Å²) in [6.07, 6.45) is 0. The molecule has 4 heteroatoms. The SMILES string of the molecule is Cc1cc(CNc2cccc(Br)c2)n(C)n1. The van der Waals surface area contributed by atoms with Crippen LogP contribution in [0.25, 0.3) is 0 Å². The Balaban J connectivity index is 2.05. The first-order valence-electron chi connectivity index (χ1n) is 5.14. The zero-order chi connectivity index (χ0) is 11.5. The van der Waals surface area contributed by atoms with Crippen LogP contribution in [0.5, 0.6) is 0 Å². The largest absolute Gasteiger partial charge is 0.379 e. The number of rotatable bonds is 3. The molecular formula is C12H14BrN3. The quantitative estimate of drug-likeness (QED) is 0.936. The van der Waals surface area contributed by atoms with Gasteiger partial charge < -0.3 is 5.32 Å². The number of aryl methyl sites for hydroxylation is 2. The van der Waals surface area contributed by atoms with E-state index >= 15 is 0 Å². The van der Waals surface area contributed by atoms with Crippen molar-refractivity contribution < 1.29 is 0 Å². The molecule has 84 valence electrons. The Morgan fingerprint density at radius 2 is 2.19 bits per heavy atom. The lowest BCUT2D eigenvalue weighted by molar-refractivity contribution is 0.713. The van der Waals surface area contributed by atoms with Crippen molar-refractivity contribution in [2.75, 3.05) is 5.32 Å². The molecule has 0 fully saturated rings. The third kappa shape index (κ3) is 2.64. The number of hydrogen-bond acceptors (Lipinski definition) is 2. The summed E-state index contributed by atoms with van der Waals surface area (Å²) in [5.74, 6) is 0. The first kappa shape index (κ1) is 11.2. The van der Waals surface area contributed by atoms with Crippen LogP contribution in [0.4, 0.5) is 5.69 Å². The van der Waals surface area contributed by atoms with Gasteiger partial charge >= 0.3 is 0 Å². The van der Waals surface area contributed by atoms with Crippen LogP contribution in [0.2, 0.25) is 0 Å². The first-order chi connectivity index (χ1) is 7.65. The molecule has 1 aromatic heterocycles. The van der Waals surface area contributed by atoms with Crippen LogP contribution in [-0.2, 0) is 13.6 Å². The number of halogens is 1. The van der Waals surface area contributed by atoms with Crippen LogP contribution in [0, 0.1) is 6.92 Å². The second-order valence-corrected chi connectivity index (χ2v) is 4.68. The number of nitrogens with zero attached hydrogens (tertiary/aromatic N) is 2. The van der Waals surface area contributed by atoms with Gasteiger partial charge in [-0.05, 0) is 31.2 Å². The minimum Gasteiger partial charge on any atom is -0.379 e. The molecule has 3 nitrogen and oxygen atoms in total. The van der Waals surface area contributed by atoms with E-state index in [9.17, 15) is 0 Å². The van der Waals surface area contributed by atoms with Crippen molar-refractivity contribution in [1.82, 2.24) is 9.78 Å². The molecule has 2 rings (SSSR count). The van der Waals surface area contributed by atoms with E-state index in [2.05, 4.69) is 38.5 Å². The van der Waals surface area contributed by atoms with Crippen LogP contribution in [0.15, 0.2) is 34.8 Å². The van der Waals surface area contributed by atoms with Crippen molar-refractivity contribution >= 4 is 21.6 Å². The monoisotopic (exact) mass is 279 g/mol. The lowest BCUT2D eigenvalue weighted by Crippen LogP contribution is -2.05. The minimum absolute atomic E-state index is 0.786. The van der Waals surface area contributed by atoms with Gasteiger partial charge in [-0.15, -0.1) is 0 Å². The minimum atomic E-state index is 0.786. The third-order valence-electron chi connectivity index (χ3n) is 2.40. The molecule has 2 aromatic rings. The summed E-state index contributed by atoms with van der Waals surface area (Å²) in [6.45, 7) is 2.79. The van der Waals surface area contributed by atoms with E-state index in [1.807, 2.05) is 36.9 Å². The van der Waals surface area contributed by atoms with E-state index in [4.69, 9.17) is 0 Å². The number of aromatic nitrogens is 2. The number of benzene rings is 1. The van der Waals surface area contributed by atoms with Crippen molar-refractivity contribution in [3.05, 3.63) is 46.2 Å². The lowest BCUT2D eigenvalue weighted by Gasteiger charge is -2.06. The highest BCUT2D eigenvalue weighted by Crippen LogP contribution is 2.16. The summed E-state index contributed by atoms with van der Waals surface area (Å²) >= 11 is 3.45. The summed E-state index contributed by atoms with van der Waals surface area (Å²) in [6, 6.07) is 10.2. The Labute approximate surface area is 104 Å². The molecule has 0 aliphatic carbocycles. The summed E-state index contributed by atoms with van der Waals surface area (Å²) in [7, 11) is 1.96. The van der Waals surface area contributed by atoms with Crippen molar-refractivity contribution in [2.45, 2.75) is 13.5 Å². The van der Waals surface area contributed by atoms with Crippen LogP contribution in [0.3, 0.4) is 0 Å². The van der Waals surface area contributed by atoms with Gasteiger partial charge in [0.25, 0.3) is 0 Å². The highest BCUT2D eigenvalue weighted by atomic mass is 79.9. The molecule has 0 radical (unpaired) electrons. The number of anilines is 1. The maximum absolute atomic E-state index is 4.31. The van der Waals surface area contributed by atoms with Crippen LogP contribution < -0.4 is 5.32 Å². The zero-order valence-corrected chi connectivity index (χ0v) is 11.0. The highest BCUT2D eigenvalue weighted by molar-refractivity contribution is 9.10. The van der Waals surface area contributed by atoms with Gasteiger partial charge in [-0.3, -0.25) is 4.68 Å². The van der Waals surface area contributed by atoms with Crippen LogP contribution in [-0.4, -0.2) is 9.78 Å². The van der Waals surface area contributed by atoms with Gasteiger partial charge in [0.15, 0.2) is 0 Å². The fraction of sp³-hybridized carbons (Fsp3) is 0.250. The molecule has 0 aliphatic rings. The fourth-order valence-corrected chi connectivity index (χ4v) is 2.02. The molecule has 0 atom stereocenters. The normalized spacial score (nSPS) is 10.4. The molecule has 1 heterocycles. The fourth-order valence-electron chi connectivity index (χ4n) is 1.62. The van der Waals surface area contributed by atoms with Gasteiger partial charge in [-0.1, -0.05) is 22.0 Å². The van der Waals surface area contributed by atoms with Gasteiger partial charge in [0.1, 0.15) is 0 Å². The predicted octanol–water partition coefficient (Wildman–Crippen LogP) is 3.10. The Morgan fingerprint density at radius 3 is 2.81 bits per heavy atom. The molecule has 0 unspecified atom stereocenters. The topological polar surface area (TPSA) is 29.9 Å². The molecule has 0 saturated heterocycles. The summed E-state index contributed by atoms with van der Waals surface area (Å²) in [4.78, 5) is 0. The molecular weight excluding hydrogens is 266 g/mol. The summed E-state index contributed by atoms with van der Waals surface area (Å²) in [5.41, 5.74) is 3.33. The standard InChI is InChI=1S/C12H14BrN3/c1-9-6-12(16(2)15-9)8-14-11-5-3-4-10(13)7-11/h3-7,14H,8H2,1-2H3. The van der Waals surface area contributed by atoms with E-state index in [1.54, 1.807) is 0 Å².